The molecule has 0 unspecified atom stereocenters. The van der Waals surface area contributed by atoms with Crippen molar-refractivity contribution in [3.8, 4) is 12.3 Å². The van der Waals surface area contributed by atoms with E-state index in [-0.39, 0.29) is 58.5 Å². The monoisotopic (exact) mass is 864 g/mol. The average Bonchev–Trinajstić information content (AvgIpc) is 3.21. The predicted molar refractivity (Wildman–Crippen MR) is 211 cm³/mol. The molecule has 0 saturated heterocycles. The molecule has 0 aromatic heterocycles. The van der Waals surface area contributed by atoms with E-state index in [0.29, 0.717) is 79.2 Å². The molecule has 0 saturated carbocycles. The molecule has 9 N–H and O–H groups in total. The molecule has 0 aromatic rings. The van der Waals surface area contributed by atoms with Gasteiger partial charge in [0.1, 0.15) is 12.7 Å². The van der Waals surface area contributed by atoms with Gasteiger partial charge in [0.25, 0.3) is 0 Å². The Kier molecular flexibility index (Phi) is 30.7. The summed E-state index contributed by atoms with van der Waals surface area (Å²) in [6.07, 6.45) is 0.199. The Balaban J connectivity index is 2.50. The lowest BCUT2D eigenvalue weighted by Crippen LogP contribution is -2.61. The number of nitrogens with two attached hydrogens (primary N) is 2. The van der Waals surface area contributed by atoms with Gasteiger partial charge in [-0.05, 0) is 13.0 Å². The molecule has 23 nitrogen and oxygen atoms in total. The summed E-state index contributed by atoms with van der Waals surface area (Å²) < 4.78 is 54.3. The first kappa shape index (κ1) is 53.7. The first-order valence-corrected chi connectivity index (χ1v) is 19.5. The number of aliphatic hydroxyl groups excluding tert-OH is 2. The maximum atomic E-state index is 12.9. The Morgan fingerprint density at radius 1 is 0.867 bits per heavy atom. The minimum atomic E-state index is -1.77. The number of ether oxygens (including phenoxy) is 10. The average molecular weight is 865 g/mol. The molecule has 60 heavy (non-hydrogen) atoms. The van der Waals surface area contributed by atoms with Crippen molar-refractivity contribution in [1.29, 1.82) is 0 Å². The van der Waals surface area contributed by atoms with Crippen LogP contribution in [0, 0.1) is 12.3 Å². The van der Waals surface area contributed by atoms with Crippen LogP contribution in [0.3, 0.4) is 0 Å². The number of hydrogen-bond acceptors (Lipinski definition) is 17. The number of aliphatic hydroxyl groups is 2. The van der Waals surface area contributed by atoms with Crippen molar-refractivity contribution in [2.75, 3.05) is 132 Å². The normalized spacial score (nSPS) is 17.0. The van der Waals surface area contributed by atoms with Crippen LogP contribution in [0.25, 0.3) is 0 Å². The summed E-state index contributed by atoms with van der Waals surface area (Å²) in [7, 11) is 0. The Labute approximate surface area is 350 Å². The van der Waals surface area contributed by atoms with Gasteiger partial charge in [-0.3, -0.25) is 9.59 Å². The predicted octanol–water partition coefficient (Wildman–Crippen LogP) is -3.05. The second kappa shape index (κ2) is 34.4. The van der Waals surface area contributed by atoms with E-state index in [1.165, 1.54) is 0 Å². The Morgan fingerprint density at radius 3 is 1.92 bits per heavy atom. The highest BCUT2D eigenvalue weighted by atomic mass is 16.6. The Morgan fingerprint density at radius 2 is 1.40 bits per heavy atom. The van der Waals surface area contributed by atoms with Crippen LogP contribution in [-0.4, -0.2) is 212 Å². The summed E-state index contributed by atoms with van der Waals surface area (Å²) in [5.74, 6) is -0.968. The number of carboxylic acid groups (broad SMARTS) is 1. The molecule has 0 bridgehead atoms. The van der Waals surface area contributed by atoms with Gasteiger partial charge < -0.3 is 89.7 Å². The fourth-order valence-electron chi connectivity index (χ4n) is 5.16. The second-order valence-electron chi connectivity index (χ2n) is 12.5. The molecule has 0 aromatic carbocycles. The maximum Gasteiger partial charge on any atom is 0.407 e. The van der Waals surface area contributed by atoms with Crippen molar-refractivity contribution in [1.82, 2.24) is 15.5 Å². The van der Waals surface area contributed by atoms with Crippen LogP contribution in [0.15, 0.2) is 16.8 Å². The van der Waals surface area contributed by atoms with Crippen LogP contribution in [-0.2, 0) is 61.8 Å². The largest absolute Gasteiger partial charge is 0.477 e. The van der Waals surface area contributed by atoms with Gasteiger partial charge in [-0.2, -0.15) is 0 Å². The minimum absolute atomic E-state index is 0.0181. The molecule has 0 aliphatic carbocycles. The number of alkyl carbamates (subject to hydrolysis) is 1. The number of guanidine groups is 1. The number of nitrogens with zero attached hydrogens (tertiary/aromatic N) is 2. The minimum Gasteiger partial charge on any atom is -0.477 e. The van der Waals surface area contributed by atoms with E-state index in [4.69, 9.17) is 65.3 Å². The van der Waals surface area contributed by atoms with Crippen LogP contribution >= 0.6 is 0 Å². The highest BCUT2D eigenvalue weighted by molar-refractivity contribution is 5.85. The van der Waals surface area contributed by atoms with Crippen molar-refractivity contribution < 1.29 is 81.9 Å². The van der Waals surface area contributed by atoms with Gasteiger partial charge in [0.2, 0.25) is 17.6 Å². The Bertz CT molecular complexity index is 1320. The number of rotatable bonds is 36. The smallest absolute Gasteiger partial charge is 0.407 e. The molecular formula is C37H64N6O17. The van der Waals surface area contributed by atoms with Crippen molar-refractivity contribution >= 4 is 29.8 Å². The first-order valence-electron chi connectivity index (χ1n) is 19.5. The Hall–Kier alpha value is -4.35. The molecule has 1 heterocycles. The maximum absolute atomic E-state index is 12.9. The highest BCUT2D eigenvalue weighted by Gasteiger charge is 2.46. The quantitative estimate of drug-likeness (QED) is 0.0142. The van der Waals surface area contributed by atoms with Crippen LogP contribution in [0.5, 0.6) is 0 Å². The van der Waals surface area contributed by atoms with E-state index < -0.39 is 66.7 Å². The van der Waals surface area contributed by atoms with Gasteiger partial charge in [-0.15, -0.1) is 6.42 Å². The molecule has 344 valence electrons. The zero-order valence-corrected chi connectivity index (χ0v) is 34.5. The third kappa shape index (κ3) is 25.3. The van der Waals surface area contributed by atoms with Crippen molar-refractivity contribution in [2.24, 2.45) is 16.5 Å². The number of aliphatic carboxylic acids is 1. The number of amides is 3. The SMILES string of the molecule is C#CCOCCOCCOCCOCCC(=O)N(CCOCCOCC)CCOCCOCCNC(=O)O[C@@H]([C@@H]1OC(C(=O)O)=C[C@H](N=C(N)N)[C@H]1NC(C)=O)[C@H](O)CO. The highest BCUT2D eigenvalue weighted by Crippen LogP contribution is 2.26. The summed E-state index contributed by atoms with van der Waals surface area (Å²) in [6.45, 7) is 7.76. The summed E-state index contributed by atoms with van der Waals surface area (Å²) >= 11 is 0. The lowest BCUT2D eigenvalue weighted by atomic mass is 9.92. The van der Waals surface area contributed by atoms with E-state index in [1.54, 1.807) is 4.90 Å². The third-order valence-electron chi connectivity index (χ3n) is 7.91. The summed E-state index contributed by atoms with van der Waals surface area (Å²) in [5.41, 5.74) is 11.0. The van der Waals surface area contributed by atoms with Gasteiger partial charge in [-0.1, -0.05) is 5.92 Å². The molecular weight excluding hydrogens is 800 g/mol. The van der Waals surface area contributed by atoms with Gasteiger partial charge in [0.05, 0.1) is 118 Å². The molecule has 3 amide bonds. The number of carbonyl (C=O) groups excluding carboxylic acids is 3. The van der Waals surface area contributed by atoms with E-state index in [9.17, 15) is 34.5 Å². The molecule has 0 fully saturated rings. The van der Waals surface area contributed by atoms with E-state index in [0.717, 1.165) is 13.0 Å². The standard InChI is InChI=1S/C37H64N6O17/c1-4-10-52-17-21-57-23-24-58-22-18-53-11-6-31(47)43(8-13-55-16-15-51-5-2)9-14-56-20-19-54-12-7-40-37(50)60-33(29(46)26-44)34-32(41-27(3)45)28(42-36(38)39)25-30(59-34)35(48)49/h1,25,28-29,32-34,44,46H,5-24,26H2,2-3H3,(H,40,50)(H,41,45)(H,48,49)(H4,38,39,42)/t28-,29+,32+,33+,34+/m0/s1. The molecule has 23 heteroatoms. The fraction of sp³-hybridized carbons (Fsp3) is 0.757. The van der Waals surface area contributed by atoms with Crippen LogP contribution in [0.2, 0.25) is 0 Å². The van der Waals surface area contributed by atoms with Gasteiger partial charge in [-0.25, -0.2) is 14.6 Å². The van der Waals surface area contributed by atoms with Crippen molar-refractivity contribution in [3.05, 3.63) is 11.8 Å². The van der Waals surface area contributed by atoms with Gasteiger partial charge in [0.15, 0.2) is 18.2 Å². The summed E-state index contributed by atoms with van der Waals surface area (Å²) in [5, 5.41) is 34.8. The zero-order chi connectivity index (χ0) is 44.4. The van der Waals surface area contributed by atoms with Crippen LogP contribution < -0.4 is 22.1 Å². The first-order chi connectivity index (χ1) is 28.9. The number of hydrogen-bond donors (Lipinski definition) is 7. The van der Waals surface area contributed by atoms with E-state index in [2.05, 4.69) is 21.5 Å². The topological polar surface area (TPSA) is 313 Å². The number of nitrogens with one attached hydrogen (secondary N) is 2. The van der Waals surface area contributed by atoms with Crippen molar-refractivity contribution in [3.63, 3.8) is 0 Å². The number of carbonyl (C=O) groups is 4. The lowest BCUT2D eigenvalue weighted by Gasteiger charge is -2.39. The van der Waals surface area contributed by atoms with Crippen molar-refractivity contribution in [2.45, 2.75) is 50.7 Å². The molecule has 1 rings (SSSR count). The second-order valence-corrected chi connectivity index (χ2v) is 12.5. The molecule has 5 atom stereocenters. The summed E-state index contributed by atoms with van der Waals surface area (Å²) in [6, 6.07) is -2.42. The molecule has 1 aliphatic rings. The van der Waals surface area contributed by atoms with Crippen LogP contribution in [0.4, 0.5) is 4.79 Å². The third-order valence-corrected chi connectivity index (χ3v) is 7.91. The van der Waals surface area contributed by atoms with Gasteiger partial charge in [0, 0.05) is 33.2 Å². The zero-order valence-electron chi connectivity index (χ0n) is 34.5. The number of terminal acetylenes is 1. The van der Waals surface area contributed by atoms with Crippen LogP contribution in [0.1, 0.15) is 20.3 Å². The summed E-state index contributed by atoms with van der Waals surface area (Å²) in [4.78, 5) is 55.0. The van der Waals surface area contributed by atoms with E-state index in [1.807, 2.05) is 6.92 Å². The fourth-order valence-corrected chi connectivity index (χ4v) is 5.16. The molecule has 0 spiro atoms. The van der Waals surface area contributed by atoms with E-state index >= 15 is 0 Å². The number of aliphatic imine (C=N–C) groups is 1. The lowest BCUT2D eigenvalue weighted by molar-refractivity contribution is -0.146. The van der Waals surface area contributed by atoms with Gasteiger partial charge >= 0.3 is 12.1 Å². The molecule has 0 radical (unpaired) electrons. The molecule has 1 aliphatic heterocycles. The number of carboxylic acids is 1.